The number of hydrogen-bond donors (Lipinski definition) is 8. The Morgan fingerprint density at radius 1 is 0.588 bits per heavy atom. The smallest absolute Gasteiger partial charge is 0.347 e. The number of hydrogen-bond acceptors (Lipinski definition) is 12. The zero-order valence-electron chi connectivity index (χ0n) is 17.7. The van der Waals surface area contributed by atoms with Gasteiger partial charge < -0.3 is 49.7 Å². The molecular formula is C22H20O12. The lowest BCUT2D eigenvalue weighted by atomic mass is 10.0. The van der Waals surface area contributed by atoms with Crippen LogP contribution in [-0.2, 0) is 0 Å². The molecule has 0 aliphatic heterocycles. The van der Waals surface area contributed by atoms with Crippen LogP contribution in [0.15, 0.2) is 43.1 Å². The Hall–Kier alpha value is -4.42. The minimum absolute atomic E-state index is 0.100. The summed E-state index contributed by atoms with van der Waals surface area (Å²) in [5.74, 6) is -3.37. The first-order valence-corrected chi connectivity index (χ1v) is 9.61. The van der Waals surface area contributed by atoms with E-state index in [1.807, 2.05) is 0 Å². The molecule has 2 atom stereocenters. The molecule has 0 saturated carbocycles. The summed E-state index contributed by atoms with van der Waals surface area (Å²) < 4.78 is 9.28. The number of aliphatic hydroxyl groups is 2. The number of benzene rings is 2. The molecular weight excluding hydrogens is 456 g/mol. The highest BCUT2D eigenvalue weighted by Crippen LogP contribution is 2.42. The molecule has 0 bridgehead atoms. The van der Waals surface area contributed by atoms with Crippen molar-refractivity contribution in [3.63, 3.8) is 0 Å². The van der Waals surface area contributed by atoms with E-state index < -0.39 is 58.0 Å². The van der Waals surface area contributed by atoms with Gasteiger partial charge in [0.25, 0.3) is 0 Å². The minimum Gasteiger partial charge on any atom is -0.507 e. The number of aromatic hydroxyl groups is 6. The molecule has 0 unspecified atom stereocenters. The molecule has 0 amide bonds. The van der Waals surface area contributed by atoms with Crippen molar-refractivity contribution in [2.45, 2.75) is 26.1 Å². The van der Waals surface area contributed by atoms with Gasteiger partial charge in [-0.05, 0) is 13.8 Å². The minimum atomic E-state index is -1.03. The predicted molar refractivity (Wildman–Crippen MR) is 116 cm³/mol. The fourth-order valence-corrected chi connectivity index (χ4v) is 3.35. The van der Waals surface area contributed by atoms with E-state index >= 15 is 0 Å². The first kappa shape index (κ1) is 24.2. The summed E-state index contributed by atoms with van der Waals surface area (Å²) in [5.41, 5.74) is -1.53. The highest BCUT2D eigenvalue weighted by Gasteiger charge is 2.21. The van der Waals surface area contributed by atoms with E-state index in [2.05, 4.69) is 8.83 Å². The molecule has 0 aliphatic carbocycles. The van der Waals surface area contributed by atoms with Gasteiger partial charge in [0.15, 0.2) is 23.0 Å². The van der Waals surface area contributed by atoms with Crippen LogP contribution in [-0.4, -0.2) is 40.9 Å². The number of rotatable bonds is 2. The Balaban J connectivity index is 0.000000191. The van der Waals surface area contributed by atoms with Gasteiger partial charge in [-0.1, -0.05) is 0 Å². The van der Waals surface area contributed by atoms with Crippen molar-refractivity contribution in [2.75, 3.05) is 0 Å². The van der Waals surface area contributed by atoms with Gasteiger partial charge in [-0.25, -0.2) is 9.59 Å². The van der Waals surface area contributed by atoms with E-state index in [4.69, 9.17) is 0 Å². The molecule has 0 fully saturated rings. The number of aliphatic hydroxyl groups excluding tert-OH is 2. The average molecular weight is 476 g/mol. The molecule has 4 rings (SSSR count). The van der Waals surface area contributed by atoms with Crippen molar-refractivity contribution >= 4 is 21.5 Å². The second-order valence-electron chi connectivity index (χ2n) is 7.34. The lowest BCUT2D eigenvalue weighted by Gasteiger charge is -2.11. The molecule has 2 aromatic heterocycles. The monoisotopic (exact) mass is 476 g/mol. The van der Waals surface area contributed by atoms with E-state index in [1.54, 1.807) is 0 Å². The normalized spacial score (nSPS) is 12.8. The van der Waals surface area contributed by atoms with E-state index in [9.17, 15) is 50.4 Å². The van der Waals surface area contributed by atoms with Gasteiger partial charge in [0, 0.05) is 34.0 Å². The lowest BCUT2D eigenvalue weighted by molar-refractivity contribution is 0.197. The summed E-state index contributed by atoms with van der Waals surface area (Å²) in [6.45, 7) is 2.80. The van der Waals surface area contributed by atoms with Gasteiger partial charge in [-0.3, -0.25) is 0 Å². The molecule has 180 valence electrons. The maximum absolute atomic E-state index is 11.4. The lowest BCUT2D eigenvalue weighted by Crippen LogP contribution is -2.04. The van der Waals surface area contributed by atoms with Crippen LogP contribution >= 0.6 is 0 Å². The molecule has 34 heavy (non-hydrogen) atoms. The summed E-state index contributed by atoms with van der Waals surface area (Å²) in [5, 5.41) is 75.4. The van der Waals surface area contributed by atoms with Gasteiger partial charge in [-0.2, -0.15) is 0 Å². The molecule has 4 aromatic rings. The topological polar surface area (TPSA) is 222 Å². The van der Waals surface area contributed by atoms with E-state index in [0.29, 0.717) is 0 Å². The number of phenolic OH excluding ortho intramolecular Hbond substituents is 6. The summed E-state index contributed by atoms with van der Waals surface area (Å²) >= 11 is 0. The molecule has 0 saturated heterocycles. The fraction of sp³-hybridized carbons (Fsp3) is 0.182. The molecule has 8 N–H and O–H groups in total. The van der Waals surface area contributed by atoms with E-state index in [1.165, 1.54) is 13.8 Å². The van der Waals surface area contributed by atoms with Crippen molar-refractivity contribution < 1.29 is 49.7 Å². The highest BCUT2D eigenvalue weighted by atomic mass is 16.4. The number of phenols is 6. The van der Waals surface area contributed by atoms with Crippen molar-refractivity contribution in [1.29, 1.82) is 0 Å². The van der Waals surface area contributed by atoms with Crippen LogP contribution in [0.1, 0.15) is 37.2 Å². The molecule has 12 nitrogen and oxygen atoms in total. The molecule has 0 spiro atoms. The van der Waals surface area contributed by atoms with Crippen molar-refractivity contribution in [2.24, 2.45) is 0 Å². The molecule has 0 aliphatic rings. The van der Waals surface area contributed by atoms with Crippen molar-refractivity contribution in [3.8, 4) is 34.5 Å². The first-order valence-electron chi connectivity index (χ1n) is 9.61. The molecule has 2 aromatic carbocycles. The average Bonchev–Trinajstić information content (AvgIpc) is 2.75. The van der Waals surface area contributed by atoms with Crippen LogP contribution in [0.4, 0.5) is 0 Å². The Morgan fingerprint density at radius 3 is 1.21 bits per heavy atom. The Morgan fingerprint density at radius 2 is 0.912 bits per heavy atom. The Labute approximate surface area is 189 Å². The predicted octanol–water partition coefficient (Wildman–Crippen LogP) is 1.93. The molecule has 2 heterocycles. The summed E-state index contributed by atoms with van der Waals surface area (Å²) in [6.07, 6.45) is -0.107. The van der Waals surface area contributed by atoms with Crippen molar-refractivity contribution in [1.82, 2.24) is 0 Å². The zero-order chi connectivity index (χ0) is 25.5. The number of fused-ring (bicyclic) bond motifs is 2. The van der Waals surface area contributed by atoms with E-state index in [0.717, 1.165) is 24.7 Å². The van der Waals surface area contributed by atoms with Crippen LogP contribution in [0.5, 0.6) is 34.5 Å². The van der Waals surface area contributed by atoms with Crippen LogP contribution < -0.4 is 11.3 Å². The maximum atomic E-state index is 11.4. The quantitative estimate of drug-likeness (QED) is 0.153. The zero-order valence-corrected chi connectivity index (χ0v) is 17.7. The standard InChI is InChI=1S/2C11H10O6/c2*1-4(12)5-3-17-11(16)9-6(13)2-7(14)10(15)8(5)9/h2*2-4,12-15H,1H3/t2*4-/m00/s1. The molecule has 12 heteroatoms. The van der Waals surface area contributed by atoms with Crippen LogP contribution in [0.2, 0.25) is 0 Å². The van der Waals surface area contributed by atoms with Crippen molar-refractivity contribution in [3.05, 3.63) is 56.6 Å². The van der Waals surface area contributed by atoms with Gasteiger partial charge >= 0.3 is 11.3 Å². The summed E-state index contributed by atoms with van der Waals surface area (Å²) in [7, 11) is 0. The van der Waals surface area contributed by atoms with Gasteiger partial charge in [0.05, 0.1) is 12.2 Å². The summed E-state index contributed by atoms with van der Waals surface area (Å²) in [6, 6.07) is 1.67. The SMILES string of the molecule is C[C@H](O)c1coc(=O)c2c(O)cc(O)c(O)c12.C[C@H](O)c1coc(=O)c2c(O)cc(O)c(O)c12. The summed E-state index contributed by atoms with van der Waals surface area (Å²) in [4.78, 5) is 22.9. The van der Waals surface area contributed by atoms with Gasteiger partial charge in [0.2, 0.25) is 0 Å². The first-order chi connectivity index (χ1) is 15.9. The van der Waals surface area contributed by atoms with Gasteiger partial charge in [-0.15, -0.1) is 0 Å². The molecule has 0 radical (unpaired) electrons. The highest BCUT2D eigenvalue weighted by molar-refractivity contribution is 5.97. The van der Waals surface area contributed by atoms with Gasteiger partial charge in [0.1, 0.15) is 34.8 Å². The Kier molecular flexibility index (Phi) is 6.30. The second kappa shape index (κ2) is 8.84. The van der Waals surface area contributed by atoms with E-state index in [-0.39, 0.29) is 32.7 Å². The second-order valence-corrected chi connectivity index (χ2v) is 7.34. The van der Waals surface area contributed by atoms with Crippen LogP contribution in [0.25, 0.3) is 21.5 Å². The fourth-order valence-electron chi connectivity index (χ4n) is 3.35. The third kappa shape index (κ3) is 4.02. The Bertz CT molecular complexity index is 1400. The van der Waals surface area contributed by atoms with Crippen LogP contribution in [0, 0.1) is 0 Å². The largest absolute Gasteiger partial charge is 0.507 e. The maximum Gasteiger partial charge on any atom is 0.347 e. The third-order valence-electron chi connectivity index (χ3n) is 4.99. The van der Waals surface area contributed by atoms with Crippen LogP contribution in [0.3, 0.4) is 0 Å². The third-order valence-corrected chi connectivity index (χ3v) is 4.99.